The SMILES string of the molecule is Clc1cccc(CNC2CC2)c1Sc1ccncc1. The van der Waals surface area contributed by atoms with E-state index in [9.17, 15) is 0 Å². The first-order valence-electron chi connectivity index (χ1n) is 6.41. The van der Waals surface area contributed by atoms with Crippen LogP contribution in [0, 0.1) is 0 Å². The van der Waals surface area contributed by atoms with Crippen molar-refractivity contribution in [3.05, 3.63) is 53.3 Å². The predicted molar refractivity (Wildman–Crippen MR) is 79.7 cm³/mol. The first-order valence-corrected chi connectivity index (χ1v) is 7.61. The summed E-state index contributed by atoms with van der Waals surface area (Å²) in [4.78, 5) is 6.35. The van der Waals surface area contributed by atoms with Crippen LogP contribution in [0.5, 0.6) is 0 Å². The zero-order valence-corrected chi connectivity index (χ0v) is 12.0. The van der Waals surface area contributed by atoms with Crippen LogP contribution < -0.4 is 5.32 Å². The highest BCUT2D eigenvalue weighted by Gasteiger charge is 2.20. The van der Waals surface area contributed by atoms with E-state index in [1.807, 2.05) is 24.3 Å². The van der Waals surface area contributed by atoms with Gasteiger partial charge in [-0.3, -0.25) is 4.98 Å². The van der Waals surface area contributed by atoms with Crippen LogP contribution in [0.15, 0.2) is 52.5 Å². The lowest BCUT2D eigenvalue weighted by Gasteiger charge is -2.11. The molecule has 0 amide bonds. The zero-order chi connectivity index (χ0) is 13.1. The second-order valence-corrected chi connectivity index (χ2v) is 6.16. The molecule has 19 heavy (non-hydrogen) atoms. The molecule has 1 aromatic heterocycles. The van der Waals surface area contributed by atoms with Crippen molar-refractivity contribution in [2.75, 3.05) is 0 Å². The van der Waals surface area contributed by atoms with Crippen LogP contribution in [0.1, 0.15) is 18.4 Å². The van der Waals surface area contributed by atoms with E-state index in [1.54, 1.807) is 24.2 Å². The summed E-state index contributed by atoms with van der Waals surface area (Å²) < 4.78 is 0. The molecule has 0 radical (unpaired) electrons. The van der Waals surface area contributed by atoms with Gasteiger partial charge in [-0.05, 0) is 36.6 Å². The van der Waals surface area contributed by atoms with Crippen molar-refractivity contribution < 1.29 is 0 Å². The largest absolute Gasteiger partial charge is 0.310 e. The average molecular weight is 291 g/mol. The molecule has 1 saturated carbocycles. The van der Waals surface area contributed by atoms with Gasteiger partial charge < -0.3 is 5.32 Å². The number of benzene rings is 1. The maximum Gasteiger partial charge on any atom is 0.0548 e. The summed E-state index contributed by atoms with van der Waals surface area (Å²) in [5.74, 6) is 0. The molecular formula is C15H15ClN2S. The standard InChI is InChI=1S/C15H15ClN2S/c16-14-3-1-2-11(10-18-12-4-5-12)15(14)19-13-6-8-17-9-7-13/h1-3,6-9,12,18H,4-5,10H2. The first kappa shape index (κ1) is 13.0. The lowest BCUT2D eigenvalue weighted by molar-refractivity contribution is 0.680. The van der Waals surface area contributed by atoms with Crippen molar-refractivity contribution in [2.24, 2.45) is 0 Å². The molecule has 0 spiro atoms. The zero-order valence-electron chi connectivity index (χ0n) is 10.5. The van der Waals surface area contributed by atoms with Gasteiger partial charge in [0.15, 0.2) is 0 Å². The smallest absolute Gasteiger partial charge is 0.0548 e. The van der Waals surface area contributed by atoms with Gasteiger partial charge in [0.2, 0.25) is 0 Å². The molecule has 1 aliphatic carbocycles. The molecule has 1 N–H and O–H groups in total. The molecule has 2 aromatic rings. The quantitative estimate of drug-likeness (QED) is 0.896. The molecule has 0 saturated heterocycles. The van der Waals surface area contributed by atoms with Crippen LogP contribution in [-0.2, 0) is 6.54 Å². The van der Waals surface area contributed by atoms with E-state index in [4.69, 9.17) is 11.6 Å². The van der Waals surface area contributed by atoms with Crippen LogP contribution in [-0.4, -0.2) is 11.0 Å². The third-order valence-corrected chi connectivity index (χ3v) is 4.70. The van der Waals surface area contributed by atoms with Crippen molar-refractivity contribution in [1.82, 2.24) is 10.3 Å². The predicted octanol–water partition coefficient (Wildman–Crippen LogP) is 4.14. The third kappa shape index (κ3) is 3.50. The molecular weight excluding hydrogens is 276 g/mol. The number of aromatic nitrogens is 1. The average Bonchev–Trinajstić information content (AvgIpc) is 3.25. The minimum absolute atomic E-state index is 0.706. The number of hydrogen-bond acceptors (Lipinski definition) is 3. The molecule has 2 nitrogen and oxygen atoms in total. The minimum Gasteiger partial charge on any atom is -0.310 e. The Morgan fingerprint density at radius 1 is 1.21 bits per heavy atom. The Hall–Kier alpha value is -1.03. The summed E-state index contributed by atoms with van der Waals surface area (Å²) >= 11 is 8.05. The number of hydrogen-bond donors (Lipinski definition) is 1. The second kappa shape index (κ2) is 5.95. The van der Waals surface area contributed by atoms with E-state index in [-0.39, 0.29) is 0 Å². The molecule has 0 bridgehead atoms. The van der Waals surface area contributed by atoms with Gasteiger partial charge in [-0.25, -0.2) is 0 Å². The maximum atomic E-state index is 6.35. The van der Waals surface area contributed by atoms with E-state index < -0.39 is 0 Å². The normalized spacial score (nSPS) is 14.6. The highest BCUT2D eigenvalue weighted by Crippen LogP contribution is 2.36. The number of rotatable bonds is 5. The van der Waals surface area contributed by atoms with Gasteiger partial charge in [0.1, 0.15) is 0 Å². The molecule has 1 aromatic carbocycles. The van der Waals surface area contributed by atoms with E-state index >= 15 is 0 Å². The topological polar surface area (TPSA) is 24.9 Å². The molecule has 1 fully saturated rings. The number of halogens is 1. The minimum atomic E-state index is 0.706. The Morgan fingerprint density at radius 2 is 2.00 bits per heavy atom. The summed E-state index contributed by atoms with van der Waals surface area (Å²) in [6, 6.07) is 10.8. The fraction of sp³-hybridized carbons (Fsp3) is 0.267. The molecule has 3 rings (SSSR count). The van der Waals surface area contributed by atoms with Gasteiger partial charge in [-0.2, -0.15) is 0 Å². The molecule has 1 heterocycles. The van der Waals surface area contributed by atoms with Gasteiger partial charge in [0.05, 0.1) is 5.02 Å². The van der Waals surface area contributed by atoms with E-state index in [0.29, 0.717) is 6.04 Å². The molecule has 0 atom stereocenters. The van der Waals surface area contributed by atoms with Crippen molar-refractivity contribution in [3.63, 3.8) is 0 Å². The van der Waals surface area contributed by atoms with Gasteiger partial charge in [-0.15, -0.1) is 0 Å². The van der Waals surface area contributed by atoms with Gasteiger partial charge in [0.25, 0.3) is 0 Å². The van der Waals surface area contributed by atoms with Crippen LogP contribution in [0.25, 0.3) is 0 Å². The van der Waals surface area contributed by atoms with Crippen LogP contribution in [0.4, 0.5) is 0 Å². The maximum absolute atomic E-state index is 6.35. The summed E-state index contributed by atoms with van der Waals surface area (Å²) in [7, 11) is 0. The van der Waals surface area contributed by atoms with Crippen molar-refractivity contribution >= 4 is 23.4 Å². The lowest BCUT2D eigenvalue weighted by Crippen LogP contribution is -2.15. The Balaban J connectivity index is 1.81. The number of pyridine rings is 1. The summed E-state index contributed by atoms with van der Waals surface area (Å²) in [6.45, 7) is 0.888. The summed E-state index contributed by atoms with van der Waals surface area (Å²) in [6.07, 6.45) is 6.21. The number of nitrogens with one attached hydrogen (secondary N) is 1. The van der Waals surface area contributed by atoms with Crippen LogP contribution in [0.3, 0.4) is 0 Å². The van der Waals surface area contributed by atoms with Crippen molar-refractivity contribution in [1.29, 1.82) is 0 Å². The van der Waals surface area contributed by atoms with Crippen molar-refractivity contribution in [2.45, 2.75) is 35.2 Å². The first-order chi connectivity index (χ1) is 9.33. The fourth-order valence-electron chi connectivity index (χ4n) is 1.87. The van der Waals surface area contributed by atoms with Gasteiger partial charge >= 0.3 is 0 Å². The Labute approximate surface area is 122 Å². The highest BCUT2D eigenvalue weighted by atomic mass is 35.5. The van der Waals surface area contributed by atoms with Crippen LogP contribution in [0.2, 0.25) is 5.02 Å². The highest BCUT2D eigenvalue weighted by molar-refractivity contribution is 7.99. The Morgan fingerprint density at radius 3 is 2.74 bits per heavy atom. The molecule has 0 unspecified atom stereocenters. The van der Waals surface area contributed by atoms with Gasteiger partial charge in [0, 0.05) is 34.8 Å². The number of nitrogens with zero attached hydrogens (tertiary/aromatic N) is 1. The van der Waals surface area contributed by atoms with Crippen LogP contribution >= 0.6 is 23.4 Å². The monoisotopic (exact) mass is 290 g/mol. The van der Waals surface area contributed by atoms with Gasteiger partial charge in [-0.1, -0.05) is 35.5 Å². The lowest BCUT2D eigenvalue weighted by atomic mass is 10.2. The Bertz CT molecular complexity index is 555. The van der Waals surface area contributed by atoms with E-state index in [0.717, 1.165) is 21.4 Å². The molecule has 1 aliphatic rings. The molecule has 0 aliphatic heterocycles. The molecule has 98 valence electrons. The van der Waals surface area contributed by atoms with E-state index in [1.165, 1.54) is 18.4 Å². The summed E-state index contributed by atoms with van der Waals surface area (Å²) in [5.41, 5.74) is 1.27. The second-order valence-electron chi connectivity index (χ2n) is 4.67. The van der Waals surface area contributed by atoms with Crippen molar-refractivity contribution in [3.8, 4) is 0 Å². The summed E-state index contributed by atoms with van der Waals surface area (Å²) in [5, 5.41) is 4.36. The Kier molecular flexibility index (Phi) is 4.06. The van der Waals surface area contributed by atoms with E-state index in [2.05, 4.69) is 16.4 Å². The fourth-order valence-corrected chi connectivity index (χ4v) is 3.11. The molecule has 4 heteroatoms. The third-order valence-electron chi connectivity index (χ3n) is 3.08.